The van der Waals surface area contributed by atoms with Crippen LogP contribution in [0.3, 0.4) is 0 Å². The summed E-state index contributed by atoms with van der Waals surface area (Å²) >= 11 is 0. The van der Waals surface area contributed by atoms with E-state index in [0.717, 1.165) is 25.0 Å². The van der Waals surface area contributed by atoms with Crippen molar-refractivity contribution in [3.05, 3.63) is 29.3 Å². The largest absolute Gasteiger partial charge is 0.497 e. The van der Waals surface area contributed by atoms with Crippen LogP contribution >= 0.6 is 0 Å². The molecular weight excluding hydrogens is 242 g/mol. The molecule has 2 N–H and O–H groups in total. The molecule has 1 aromatic carbocycles. The molecule has 0 saturated carbocycles. The number of ether oxygens (including phenoxy) is 2. The maximum absolute atomic E-state index is 9.36. The molecule has 4 nitrogen and oxygen atoms in total. The summed E-state index contributed by atoms with van der Waals surface area (Å²) < 4.78 is 10.4. The number of hydrogen-bond acceptors (Lipinski definition) is 4. The molecule has 4 heteroatoms. The van der Waals surface area contributed by atoms with Gasteiger partial charge in [-0.15, -0.1) is 0 Å². The molecule has 1 aromatic rings. The Morgan fingerprint density at radius 3 is 2.95 bits per heavy atom. The Bertz CT molecular complexity index is 408. The topological polar surface area (TPSA) is 50.7 Å². The van der Waals surface area contributed by atoms with Crippen LogP contribution < -0.4 is 10.1 Å². The molecule has 0 fully saturated rings. The fourth-order valence-electron chi connectivity index (χ4n) is 2.73. The number of benzene rings is 1. The van der Waals surface area contributed by atoms with Crippen molar-refractivity contribution in [3.8, 4) is 5.75 Å². The lowest BCUT2D eigenvalue weighted by Crippen LogP contribution is -2.40. The minimum absolute atomic E-state index is 0.0111. The van der Waals surface area contributed by atoms with E-state index in [4.69, 9.17) is 9.47 Å². The van der Waals surface area contributed by atoms with Gasteiger partial charge in [0.15, 0.2) is 0 Å². The first-order chi connectivity index (χ1) is 9.28. The van der Waals surface area contributed by atoms with Gasteiger partial charge in [-0.3, -0.25) is 0 Å². The lowest BCUT2D eigenvalue weighted by atomic mass is 9.87. The Morgan fingerprint density at radius 1 is 1.42 bits per heavy atom. The Balaban J connectivity index is 2.13. The van der Waals surface area contributed by atoms with Gasteiger partial charge >= 0.3 is 0 Å². The fourth-order valence-corrected chi connectivity index (χ4v) is 2.73. The average Bonchev–Trinajstić information content (AvgIpc) is 2.46. The molecule has 0 heterocycles. The number of methoxy groups -OCH3 is 2. The van der Waals surface area contributed by atoms with Gasteiger partial charge in [-0.05, 0) is 42.5 Å². The first-order valence-corrected chi connectivity index (χ1v) is 6.81. The van der Waals surface area contributed by atoms with E-state index < -0.39 is 0 Å². The molecule has 2 unspecified atom stereocenters. The number of aliphatic hydroxyl groups excluding tert-OH is 1. The second kappa shape index (κ2) is 6.89. The molecule has 0 spiro atoms. The van der Waals surface area contributed by atoms with E-state index in [1.165, 1.54) is 11.1 Å². The van der Waals surface area contributed by atoms with Gasteiger partial charge in [0.2, 0.25) is 0 Å². The standard InChI is InChI=1S/C15H23NO3/c1-18-10-12(9-17)16-15-5-3-4-11-8-13(19-2)6-7-14(11)15/h6-8,12,15-17H,3-5,9-10H2,1-2H3. The SMILES string of the molecule is COCC(CO)NC1CCCc2cc(OC)ccc21. The predicted molar refractivity (Wildman–Crippen MR) is 74.6 cm³/mol. The fraction of sp³-hybridized carbons (Fsp3) is 0.600. The van der Waals surface area contributed by atoms with Crippen LogP contribution in [0.4, 0.5) is 0 Å². The predicted octanol–water partition coefficient (Wildman–Crippen LogP) is 1.67. The third-order valence-electron chi connectivity index (χ3n) is 3.69. The van der Waals surface area contributed by atoms with Crippen molar-refractivity contribution in [2.45, 2.75) is 31.3 Å². The second-order valence-electron chi connectivity index (χ2n) is 5.01. The van der Waals surface area contributed by atoms with Crippen LogP contribution in [0.15, 0.2) is 18.2 Å². The summed E-state index contributed by atoms with van der Waals surface area (Å²) in [6.07, 6.45) is 3.35. The molecule has 19 heavy (non-hydrogen) atoms. The monoisotopic (exact) mass is 265 g/mol. The van der Waals surface area contributed by atoms with Crippen molar-refractivity contribution in [2.75, 3.05) is 27.4 Å². The van der Waals surface area contributed by atoms with Crippen LogP contribution in [0, 0.1) is 0 Å². The quantitative estimate of drug-likeness (QED) is 0.821. The van der Waals surface area contributed by atoms with Gasteiger partial charge in [0, 0.05) is 13.2 Å². The molecule has 0 saturated heterocycles. The van der Waals surface area contributed by atoms with E-state index >= 15 is 0 Å². The molecular formula is C15H23NO3. The van der Waals surface area contributed by atoms with Crippen LogP contribution in [0.25, 0.3) is 0 Å². The maximum Gasteiger partial charge on any atom is 0.119 e. The number of hydrogen-bond donors (Lipinski definition) is 2. The van der Waals surface area contributed by atoms with Gasteiger partial charge < -0.3 is 19.9 Å². The molecule has 1 aliphatic rings. The van der Waals surface area contributed by atoms with E-state index in [-0.39, 0.29) is 12.6 Å². The van der Waals surface area contributed by atoms with Crippen molar-refractivity contribution >= 4 is 0 Å². The highest BCUT2D eigenvalue weighted by Crippen LogP contribution is 2.32. The van der Waals surface area contributed by atoms with Crippen molar-refractivity contribution in [3.63, 3.8) is 0 Å². The third-order valence-corrected chi connectivity index (χ3v) is 3.69. The molecule has 2 atom stereocenters. The summed E-state index contributed by atoms with van der Waals surface area (Å²) in [5, 5.41) is 12.8. The molecule has 0 amide bonds. The second-order valence-corrected chi connectivity index (χ2v) is 5.01. The highest BCUT2D eigenvalue weighted by atomic mass is 16.5. The van der Waals surface area contributed by atoms with Gasteiger partial charge in [-0.2, -0.15) is 0 Å². The van der Waals surface area contributed by atoms with Gasteiger partial charge in [-0.1, -0.05) is 6.07 Å². The Morgan fingerprint density at radius 2 is 2.26 bits per heavy atom. The summed E-state index contributed by atoms with van der Waals surface area (Å²) in [5.41, 5.74) is 2.67. The molecule has 106 valence electrons. The lowest BCUT2D eigenvalue weighted by molar-refractivity contribution is 0.120. The number of aliphatic hydroxyl groups is 1. The van der Waals surface area contributed by atoms with Crippen molar-refractivity contribution < 1.29 is 14.6 Å². The number of aryl methyl sites for hydroxylation is 1. The van der Waals surface area contributed by atoms with Gasteiger partial charge in [-0.25, -0.2) is 0 Å². The first-order valence-electron chi connectivity index (χ1n) is 6.81. The van der Waals surface area contributed by atoms with Gasteiger partial charge in [0.05, 0.1) is 26.4 Å². The third kappa shape index (κ3) is 3.47. The molecule has 0 bridgehead atoms. The number of nitrogens with one attached hydrogen (secondary N) is 1. The van der Waals surface area contributed by atoms with Crippen LogP contribution in [0.1, 0.15) is 30.0 Å². The zero-order valence-corrected chi connectivity index (χ0v) is 11.7. The molecule has 0 aromatic heterocycles. The number of fused-ring (bicyclic) bond motifs is 1. The zero-order valence-electron chi connectivity index (χ0n) is 11.7. The summed E-state index contributed by atoms with van der Waals surface area (Å²) in [4.78, 5) is 0. The van der Waals surface area contributed by atoms with Crippen LogP contribution in [0.5, 0.6) is 5.75 Å². The Hall–Kier alpha value is -1.10. The zero-order chi connectivity index (χ0) is 13.7. The van der Waals surface area contributed by atoms with Crippen molar-refractivity contribution in [1.82, 2.24) is 5.32 Å². The molecule has 0 aliphatic heterocycles. The summed E-state index contributed by atoms with van der Waals surface area (Å²) in [7, 11) is 3.35. The highest BCUT2D eigenvalue weighted by Gasteiger charge is 2.22. The molecule has 2 rings (SSSR count). The summed E-state index contributed by atoms with van der Waals surface area (Å²) in [6, 6.07) is 6.54. The average molecular weight is 265 g/mol. The maximum atomic E-state index is 9.36. The van der Waals surface area contributed by atoms with E-state index in [0.29, 0.717) is 12.6 Å². The van der Waals surface area contributed by atoms with Crippen LogP contribution in [0.2, 0.25) is 0 Å². The van der Waals surface area contributed by atoms with Crippen LogP contribution in [-0.4, -0.2) is 38.6 Å². The minimum atomic E-state index is -0.0111. The Kier molecular flexibility index (Phi) is 5.19. The van der Waals surface area contributed by atoms with Gasteiger partial charge in [0.1, 0.15) is 5.75 Å². The van der Waals surface area contributed by atoms with E-state index in [1.54, 1.807) is 14.2 Å². The minimum Gasteiger partial charge on any atom is -0.497 e. The summed E-state index contributed by atoms with van der Waals surface area (Å²) in [6.45, 7) is 0.619. The molecule has 0 radical (unpaired) electrons. The van der Waals surface area contributed by atoms with E-state index in [1.807, 2.05) is 6.07 Å². The van der Waals surface area contributed by atoms with E-state index in [2.05, 4.69) is 17.4 Å². The van der Waals surface area contributed by atoms with Crippen molar-refractivity contribution in [2.24, 2.45) is 0 Å². The Labute approximate surface area is 114 Å². The highest BCUT2D eigenvalue weighted by molar-refractivity contribution is 5.39. The lowest BCUT2D eigenvalue weighted by Gasteiger charge is -2.30. The normalized spacial score (nSPS) is 19.8. The van der Waals surface area contributed by atoms with Crippen LogP contribution in [-0.2, 0) is 11.2 Å². The van der Waals surface area contributed by atoms with Crippen molar-refractivity contribution in [1.29, 1.82) is 0 Å². The summed E-state index contributed by atoms with van der Waals surface area (Å²) in [5.74, 6) is 0.912. The molecule has 1 aliphatic carbocycles. The number of rotatable bonds is 6. The van der Waals surface area contributed by atoms with Gasteiger partial charge in [0.25, 0.3) is 0 Å². The smallest absolute Gasteiger partial charge is 0.119 e. The first kappa shape index (κ1) is 14.3. The van der Waals surface area contributed by atoms with E-state index in [9.17, 15) is 5.11 Å².